The molecule has 5 rings (SSSR count). The molecule has 0 bridgehead atoms. The summed E-state index contributed by atoms with van der Waals surface area (Å²) in [7, 11) is -3.36. The van der Waals surface area contributed by atoms with E-state index in [0.29, 0.717) is 10.9 Å². The van der Waals surface area contributed by atoms with Crippen LogP contribution < -0.4 is 15.5 Å². The Bertz CT molecular complexity index is 1280. The Morgan fingerprint density at radius 1 is 1.05 bits per heavy atom. The monoisotopic (exact) mass is 522 g/mol. The maximum Gasteiger partial charge on any atom is 0.350 e. The third-order valence-corrected chi connectivity index (χ3v) is 10.3. The van der Waals surface area contributed by atoms with Crippen LogP contribution >= 0.6 is 0 Å². The van der Waals surface area contributed by atoms with Crippen LogP contribution in [-0.4, -0.2) is 49.7 Å². The van der Waals surface area contributed by atoms with Crippen molar-refractivity contribution in [1.82, 2.24) is 10.6 Å². The molecule has 2 aromatic rings. The van der Waals surface area contributed by atoms with E-state index in [1.54, 1.807) is 26.0 Å². The molecule has 1 saturated heterocycles. The molecule has 3 aliphatic rings. The number of benzene rings is 2. The molecule has 198 valence electrons. The van der Waals surface area contributed by atoms with E-state index in [4.69, 9.17) is 0 Å². The van der Waals surface area contributed by atoms with Gasteiger partial charge in [-0.2, -0.15) is 4.99 Å². The van der Waals surface area contributed by atoms with Crippen LogP contribution in [0.3, 0.4) is 0 Å². The van der Waals surface area contributed by atoms with Crippen molar-refractivity contribution in [3.05, 3.63) is 48.5 Å². The van der Waals surface area contributed by atoms with Crippen molar-refractivity contribution in [3.8, 4) is 11.1 Å². The molecule has 2 amide bonds. The van der Waals surface area contributed by atoms with Gasteiger partial charge in [0.15, 0.2) is 9.84 Å². The number of hydrogen-bond acceptors (Lipinski definition) is 5. The summed E-state index contributed by atoms with van der Waals surface area (Å²) < 4.78 is 25.3. The molecule has 2 heterocycles. The Labute approximate surface area is 220 Å². The molecule has 2 atom stereocenters. The lowest BCUT2D eigenvalue weighted by Crippen LogP contribution is -2.63. The number of aliphatic imine (C=N–C) groups is 1. The average Bonchev–Trinajstić information content (AvgIpc) is 3.13. The minimum Gasteiger partial charge on any atom is -0.369 e. The fourth-order valence-corrected chi connectivity index (χ4v) is 7.17. The highest BCUT2D eigenvalue weighted by Gasteiger charge is 2.53. The predicted molar refractivity (Wildman–Crippen MR) is 149 cm³/mol. The molecule has 1 spiro atoms. The summed E-state index contributed by atoms with van der Waals surface area (Å²) in [6.45, 7) is 6.35. The van der Waals surface area contributed by atoms with Gasteiger partial charge in [-0.1, -0.05) is 49.6 Å². The fourth-order valence-electron chi connectivity index (χ4n) is 6.11. The summed E-state index contributed by atoms with van der Waals surface area (Å²) in [5, 5.41) is 6.77. The smallest absolute Gasteiger partial charge is 0.350 e. The summed E-state index contributed by atoms with van der Waals surface area (Å²) in [5.41, 5.74) is 2.04. The highest BCUT2D eigenvalue weighted by molar-refractivity contribution is 7.92. The highest BCUT2D eigenvalue weighted by atomic mass is 32.2. The number of amides is 2. The summed E-state index contributed by atoms with van der Waals surface area (Å²) in [4.78, 5) is 20.5. The van der Waals surface area contributed by atoms with Crippen LogP contribution in [0.25, 0.3) is 11.1 Å². The van der Waals surface area contributed by atoms with E-state index in [1.807, 2.05) is 41.3 Å². The first-order valence-corrected chi connectivity index (χ1v) is 15.1. The zero-order valence-electron chi connectivity index (χ0n) is 22.0. The van der Waals surface area contributed by atoms with Gasteiger partial charge in [-0.15, -0.1) is 0 Å². The molecule has 1 saturated carbocycles. The lowest BCUT2D eigenvalue weighted by atomic mass is 9.81. The lowest BCUT2D eigenvalue weighted by molar-refractivity contribution is 0.247. The van der Waals surface area contributed by atoms with Crippen molar-refractivity contribution in [2.45, 2.75) is 93.5 Å². The Balaban J connectivity index is 1.54. The number of carbonyl (C=O) groups is 1. The summed E-state index contributed by atoms with van der Waals surface area (Å²) in [6, 6.07) is 15.3. The molecular weight excluding hydrogens is 484 g/mol. The van der Waals surface area contributed by atoms with Gasteiger partial charge >= 0.3 is 6.03 Å². The number of urea groups is 1. The normalized spacial score (nSPS) is 25.1. The number of amidine groups is 1. The number of piperidine rings is 1. The van der Waals surface area contributed by atoms with Crippen LogP contribution in [0, 0.1) is 0 Å². The topological polar surface area (TPSA) is 90.9 Å². The number of anilines is 1. The van der Waals surface area contributed by atoms with Gasteiger partial charge in [0.2, 0.25) is 0 Å². The second kappa shape index (κ2) is 10.2. The van der Waals surface area contributed by atoms with Gasteiger partial charge in [-0.05, 0) is 76.8 Å². The van der Waals surface area contributed by atoms with Gasteiger partial charge in [0.05, 0.1) is 15.8 Å². The third-order valence-electron chi connectivity index (χ3n) is 8.15. The molecule has 0 unspecified atom stereocenters. The molecule has 2 aromatic carbocycles. The van der Waals surface area contributed by atoms with Gasteiger partial charge in [0.1, 0.15) is 11.4 Å². The molecule has 2 aliphatic heterocycles. The van der Waals surface area contributed by atoms with Gasteiger partial charge in [-0.25, -0.2) is 13.2 Å². The molecule has 0 radical (unpaired) electrons. The average molecular weight is 523 g/mol. The number of para-hydroxylation sites is 1. The molecule has 2 N–H and O–H groups in total. The van der Waals surface area contributed by atoms with E-state index in [0.717, 1.165) is 54.9 Å². The first kappa shape index (κ1) is 25.9. The van der Waals surface area contributed by atoms with Crippen LogP contribution in [0.15, 0.2) is 58.4 Å². The fraction of sp³-hybridized carbons (Fsp3) is 0.517. The largest absolute Gasteiger partial charge is 0.369 e. The van der Waals surface area contributed by atoms with Gasteiger partial charge < -0.3 is 10.6 Å². The maximum absolute atomic E-state index is 13.6. The van der Waals surface area contributed by atoms with E-state index in [1.165, 1.54) is 19.3 Å². The second-order valence-corrected chi connectivity index (χ2v) is 13.5. The quantitative estimate of drug-likeness (QED) is 0.556. The number of sulfone groups is 1. The maximum atomic E-state index is 13.6. The second-order valence-electron chi connectivity index (χ2n) is 11.0. The van der Waals surface area contributed by atoms with E-state index < -0.39 is 20.6 Å². The first-order chi connectivity index (χ1) is 17.7. The van der Waals surface area contributed by atoms with Crippen LogP contribution in [-0.2, 0) is 9.84 Å². The van der Waals surface area contributed by atoms with E-state index in [9.17, 15) is 13.2 Å². The van der Waals surface area contributed by atoms with Crippen molar-refractivity contribution < 1.29 is 13.2 Å². The molecule has 37 heavy (non-hydrogen) atoms. The number of hydrogen-bond donors (Lipinski definition) is 2. The zero-order valence-corrected chi connectivity index (χ0v) is 22.9. The minimum absolute atomic E-state index is 0.237. The summed E-state index contributed by atoms with van der Waals surface area (Å²) >= 11 is 0. The van der Waals surface area contributed by atoms with Crippen molar-refractivity contribution >= 4 is 27.4 Å². The number of nitrogens with zero attached hydrogens (tertiary/aromatic N) is 2. The van der Waals surface area contributed by atoms with E-state index >= 15 is 0 Å². The van der Waals surface area contributed by atoms with Crippen molar-refractivity contribution in [2.75, 3.05) is 11.4 Å². The number of nitrogens with one attached hydrogen (secondary N) is 2. The number of carbonyl (C=O) groups excluding carboxylic acids is 1. The molecular formula is C29H38N4O3S. The molecule has 0 aromatic heterocycles. The predicted octanol–water partition coefficient (Wildman–Crippen LogP) is 5.31. The van der Waals surface area contributed by atoms with Crippen molar-refractivity contribution in [2.24, 2.45) is 4.99 Å². The standard InChI is InChI=1S/C29H38N4O3S/c1-20(2)37(35,36)24-15-13-22(14-16-24)25-11-7-8-12-26(25)33-28(34)32-27(31-23-9-5-4-6-10-23)29(33)17-18-30-21(3)19-29/h7-8,11-16,20-21,23,30H,4-6,9-10,17-19H2,1-3H3,(H,31,32,34)/t21-,29+/m0/s1. The van der Waals surface area contributed by atoms with Crippen LogP contribution in [0.5, 0.6) is 0 Å². The Hall–Kier alpha value is -2.71. The molecule has 7 nitrogen and oxygen atoms in total. The Kier molecular flexibility index (Phi) is 7.16. The highest BCUT2D eigenvalue weighted by Crippen LogP contribution is 2.43. The Morgan fingerprint density at radius 3 is 2.43 bits per heavy atom. The summed E-state index contributed by atoms with van der Waals surface area (Å²) in [6.07, 6.45) is 7.46. The molecule has 2 fully saturated rings. The van der Waals surface area contributed by atoms with Crippen molar-refractivity contribution in [3.63, 3.8) is 0 Å². The lowest BCUT2D eigenvalue weighted by Gasteiger charge is -2.45. The van der Waals surface area contributed by atoms with Crippen LogP contribution in [0.1, 0.15) is 65.7 Å². The number of rotatable bonds is 5. The minimum atomic E-state index is -3.36. The Morgan fingerprint density at radius 2 is 1.76 bits per heavy atom. The molecule has 1 aliphatic carbocycles. The van der Waals surface area contributed by atoms with E-state index in [2.05, 4.69) is 22.5 Å². The first-order valence-electron chi connectivity index (χ1n) is 13.6. The SMILES string of the molecule is CC(C)S(=O)(=O)c1ccc(-c2ccccc2N2C(=O)N=C(NC3CCCCC3)[C@]23CCN[C@@H](C)C3)cc1. The van der Waals surface area contributed by atoms with Gasteiger partial charge in [0, 0.05) is 17.6 Å². The zero-order chi connectivity index (χ0) is 26.2. The molecule has 8 heteroatoms. The van der Waals surface area contributed by atoms with Gasteiger partial charge in [0.25, 0.3) is 0 Å². The van der Waals surface area contributed by atoms with Crippen LogP contribution in [0.4, 0.5) is 10.5 Å². The van der Waals surface area contributed by atoms with Crippen molar-refractivity contribution in [1.29, 1.82) is 0 Å². The van der Waals surface area contributed by atoms with E-state index in [-0.39, 0.29) is 12.1 Å². The third kappa shape index (κ3) is 4.81. The van der Waals surface area contributed by atoms with Gasteiger partial charge in [-0.3, -0.25) is 4.90 Å². The summed E-state index contributed by atoms with van der Waals surface area (Å²) in [5.74, 6) is 0.811. The van der Waals surface area contributed by atoms with Crippen LogP contribution in [0.2, 0.25) is 0 Å².